The van der Waals surface area contributed by atoms with Crippen molar-refractivity contribution in [2.75, 3.05) is 6.61 Å². The Bertz CT molecular complexity index is 1190. The summed E-state index contributed by atoms with van der Waals surface area (Å²) in [4.78, 5) is 29.8. The molecule has 2 aliphatic rings. The maximum absolute atomic E-state index is 13.4. The summed E-state index contributed by atoms with van der Waals surface area (Å²) < 4.78 is 5.43. The monoisotopic (exact) mass is 515 g/mol. The molecule has 0 bridgehead atoms. The van der Waals surface area contributed by atoms with Gasteiger partial charge in [-0.05, 0) is 68.5 Å². The summed E-state index contributed by atoms with van der Waals surface area (Å²) in [5.41, 5.74) is 4.10. The smallest absolute Gasteiger partial charge is 0.336 e. The average Bonchev–Trinajstić information content (AvgIpc) is 3.11. The number of carbonyl (C=O) groups excluding carboxylic acids is 2. The third-order valence-corrected chi connectivity index (χ3v) is 8.74. The molecular weight excluding hydrogens is 486 g/mol. The lowest BCUT2D eigenvalue weighted by atomic mass is 9.70. The van der Waals surface area contributed by atoms with Crippen molar-refractivity contribution >= 4 is 46.5 Å². The van der Waals surface area contributed by atoms with Gasteiger partial charge in [-0.25, -0.2) is 4.79 Å². The van der Waals surface area contributed by atoms with E-state index in [4.69, 9.17) is 16.3 Å². The number of esters is 1. The minimum absolute atomic E-state index is 0.110. The fraction of sp³-hybridized carbons (Fsp3) is 0.407. The third kappa shape index (κ3) is 5.14. The highest BCUT2D eigenvalue weighted by Crippen LogP contribution is 2.48. The predicted octanol–water partition coefficient (Wildman–Crippen LogP) is 7.17. The van der Waals surface area contributed by atoms with Crippen LogP contribution in [0.25, 0.3) is 0 Å². The molecular formula is C27H30ClNO3S2. The Labute approximate surface area is 214 Å². The van der Waals surface area contributed by atoms with Gasteiger partial charge in [0.2, 0.25) is 0 Å². The van der Waals surface area contributed by atoms with Crippen LogP contribution in [0.15, 0.2) is 57.8 Å². The SMILES string of the molecule is CCOC(=O)C1=C(C)NC2=C(C(=O)CC(C)(C)C2)[C@H]1c1cc(CSc2ccc(Cl)cc2)c(C)s1. The van der Waals surface area contributed by atoms with Crippen molar-refractivity contribution < 1.29 is 14.3 Å². The number of thioether (sulfide) groups is 1. The first kappa shape index (κ1) is 25.1. The third-order valence-electron chi connectivity index (χ3n) is 6.27. The van der Waals surface area contributed by atoms with Crippen molar-refractivity contribution in [2.45, 2.75) is 64.0 Å². The number of ketones is 1. The first-order chi connectivity index (χ1) is 16.1. The number of ether oxygens (including phenoxy) is 1. The first-order valence-electron chi connectivity index (χ1n) is 11.5. The summed E-state index contributed by atoms with van der Waals surface area (Å²) in [6.07, 6.45) is 1.25. The fourth-order valence-electron chi connectivity index (χ4n) is 4.72. The second kappa shape index (κ2) is 9.92. The number of thiophene rings is 1. The molecule has 180 valence electrons. The van der Waals surface area contributed by atoms with E-state index in [2.05, 4.69) is 32.2 Å². The van der Waals surface area contributed by atoms with E-state index in [0.717, 1.165) is 43.9 Å². The maximum Gasteiger partial charge on any atom is 0.336 e. The van der Waals surface area contributed by atoms with Crippen LogP contribution in [0, 0.1) is 12.3 Å². The van der Waals surface area contributed by atoms with Crippen LogP contribution < -0.4 is 5.32 Å². The predicted molar refractivity (Wildman–Crippen MR) is 140 cm³/mol. The molecule has 1 aliphatic heterocycles. The number of Topliss-reactive ketones (excluding diaryl/α,β-unsaturated/α-hetero) is 1. The number of benzene rings is 1. The van der Waals surface area contributed by atoms with Gasteiger partial charge in [-0.1, -0.05) is 25.4 Å². The van der Waals surface area contributed by atoms with Crippen molar-refractivity contribution in [2.24, 2.45) is 5.41 Å². The summed E-state index contributed by atoms with van der Waals surface area (Å²) in [6, 6.07) is 10.0. The van der Waals surface area contributed by atoms with Crippen LogP contribution in [0.5, 0.6) is 0 Å². The summed E-state index contributed by atoms with van der Waals surface area (Å²) in [6.45, 7) is 10.3. The van der Waals surface area contributed by atoms with Gasteiger partial charge in [-0.3, -0.25) is 4.79 Å². The normalized spacial score (nSPS) is 19.7. The molecule has 0 amide bonds. The Morgan fingerprint density at radius 1 is 1.24 bits per heavy atom. The molecule has 2 aromatic rings. The van der Waals surface area contributed by atoms with Crippen LogP contribution in [0.1, 0.15) is 61.8 Å². The van der Waals surface area contributed by atoms with Crippen LogP contribution in [0.2, 0.25) is 5.02 Å². The van der Waals surface area contributed by atoms with E-state index in [1.54, 1.807) is 30.0 Å². The molecule has 0 saturated carbocycles. The zero-order valence-corrected chi connectivity index (χ0v) is 22.6. The first-order valence-corrected chi connectivity index (χ1v) is 13.7. The molecule has 1 atom stereocenters. The molecule has 34 heavy (non-hydrogen) atoms. The molecule has 1 N–H and O–H groups in total. The molecule has 1 aromatic heterocycles. The van der Waals surface area contributed by atoms with Crippen LogP contribution >= 0.6 is 34.7 Å². The largest absolute Gasteiger partial charge is 0.463 e. The van der Waals surface area contributed by atoms with Crippen molar-refractivity contribution in [1.29, 1.82) is 0 Å². The second-order valence-electron chi connectivity index (χ2n) is 9.62. The zero-order valence-electron chi connectivity index (χ0n) is 20.2. The number of hydrogen-bond acceptors (Lipinski definition) is 6. The van der Waals surface area contributed by atoms with Crippen LogP contribution in [-0.2, 0) is 20.1 Å². The molecule has 0 spiro atoms. The lowest BCUT2D eigenvalue weighted by Crippen LogP contribution is -2.38. The molecule has 2 heterocycles. The number of rotatable bonds is 6. The number of aryl methyl sites for hydroxylation is 1. The second-order valence-corrected chi connectivity index (χ2v) is 12.4. The van der Waals surface area contributed by atoms with E-state index in [0.29, 0.717) is 18.6 Å². The van der Waals surface area contributed by atoms with Crippen molar-refractivity contribution in [3.8, 4) is 0 Å². The highest BCUT2D eigenvalue weighted by atomic mass is 35.5. The van der Waals surface area contributed by atoms with Gasteiger partial charge in [0.25, 0.3) is 0 Å². The van der Waals surface area contributed by atoms with Gasteiger partial charge in [0.05, 0.1) is 18.1 Å². The van der Waals surface area contributed by atoms with Gasteiger partial charge in [0, 0.05) is 48.8 Å². The summed E-state index contributed by atoms with van der Waals surface area (Å²) in [5, 5.41) is 4.12. The van der Waals surface area contributed by atoms with Gasteiger partial charge in [0.1, 0.15) is 0 Å². The molecule has 1 aromatic carbocycles. The van der Waals surface area contributed by atoms with E-state index in [1.807, 2.05) is 31.2 Å². The number of allylic oxidation sites excluding steroid dienone is 3. The Morgan fingerprint density at radius 2 is 1.94 bits per heavy atom. The highest BCUT2D eigenvalue weighted by Gasteiger charge is 2.43. The molecule has 0 fully saturated rings. The number of halogens is 1. The molecule has 7 heteroatoms. The molecule has 0 saturated heterocycles. The van der Waals surface area contributed by atoms with Crippen molar-refractivity contribution in [3.63, 3.8) is 0 Å². The summed E-state index contributed by atoms with van der Waals surface area (Å²) in [7, 11) is 0. The highest BCUT2D eigenvalue weighted by molar-refractivity contribution is 7.98. The fourth-order valence-corrected chi connectivity index (χ4v) is 7.06. The molecule has 0 unspecified atom stereocenters. The van der Waals surface area contributed by atoms with E-state index in [-0.39, 0.29) is 17.2 Å². The van der Waals surface area contributed by atoms with Gasteiger partial charge < -0.3 is 10.1 Å². The van der Waals surface area contributed by atoms with E-state index < -0.39 is 5.92 Å². The Kier molecular flexibility index (Phi) is 7.32. The van der Waals surface area contributed by atoms with Gasteiger partial charge >= 0.3 is 5.97 Å². The molecule has 4 nitrogen and oxygen atoms in total. The Morgan fingerprint density at radius 3 is 2.62 bits per heavy atom. The molecule has 1 aliphatic carbocycles. The van der Waals surface area contributed by atoms with Crippen LogP contribution in [0.3, 0.4) is 0 Å². The number of hydrogen-bond donors (Lipinski definition) is 1. The summed E-state index contributed by atoms with van der Waals surface area (Å²) >= 11 is 9.43. The van der Waals surface area contributed by atoms with Crippen LogP contribution in [-0.4, -0.2) is 18.4 Å². The lowest BCUT2D eigenvalue weighted by molar-refractivity contribution is -0.138. The standard InChI is InChI=1S/C27H30ClNO3S2/c1-6-32-26(31)23-15(2)29-20-12-27(4,5)13-21(30)24(20)25(23)22-11-17(16(3)34-22)14-33-19-9-7-18(28)8-10-19/h7-11,25,29H,6,12-14H2,1-5H3/t25-/m0/s1. The summed E-state index contributed by atoms with van der Waals surface area (Å²) in [5.74, 6) is 0.169. The molecule has 0 radical (unpaired) electrons. The van der Waals surface area contributed by atoms with E-state index in [9.17, 15) is 9.59 Å². The lowest BCUT2D eigenvalue weighted by Gasteiger charge is -2.39. The minimum atomic E-state index is -0.392. The van der Waals surface area contributed by atoms with Crippen molar-refractivity contribution in [1.82, 2.24) is 5.32 Å². The average molecular weight is 516 g/mol. The van der Waals surface area contributed by atoms with E-state index >= 15 is 0 Å². The Balaban J connectivity index is 1.72. The van der Waals surface area contributed by atoms with Crippen LogP contribution in [0.4, 0.5) is 0 Å². The number of nitrogens with one attached hydrogen (secondary N) is 1. The number of carbonyl (C=O) groups is 2. The number of dihydropyridines is 1. The topological polar surface area (TPSA) is 55.4 Å². The molecule has 4 rings (SSSR count). The quantitative estimate of drug-likeness (QED) is 0.326. The van der Waals surface area contributed by atoms with Gasteiger partial charge in [-0.2, -0.15) is 0 Å². The van der Waals surface area contributed by atoms with Crippen molar-refractivity contribution in [3.05, 3.63) is 73.2 Å². The zero-order chi connectivity index (χ0) is 24.6. The van der Waals surface area contributed by atoms with Gasteiger partial charge in [0.15, 0.2) is 5.78 Å². The van der Waals surface area contributed by atoms with Gasteiger partial charge in [-0.15, -0.1) is 23.1 Å². The minimum Gasteiger partial charge on any atom is -0.463 e. The maximum atomic E-state index is 13.4. The van der Waals surface area contributed by atoms with E-state index in [1.165, 1.54) is 10.4 Å². The Hall–Kier alpha value is -2.02.